The third kappa shape index (κ3) is 4.72. The van der Waals surface area contributed by atoms with Gasteiger partial charge < -0.3 is 10.1 Å². The second-order valence-corrected chi connectivity index (χ2v) is 5.10. The summed E-state index contributed by atoms with van der Waals surface area (Å²) in [5.74, 6) is 6.93. The molecule has 98 valence electrons. The molecule has 0 fully saturated rings. The van der Waals surface area contributed by atoms with E-state index in [1.54, 1.807) is 7.11 Å². The number of hydrogen-bond acceptors (Lipinski definition) is 4. The highest BCUT2D eigenvalue weighted by atomic mass is 16.5. The first-order valence-corrected chi connectivity index (χ1v) is 6.01. The van der Waals surface area contributed by atoms with Gasteiger partial charge in [0.2, 0.25) is 5.88 Å². The van der Waals surface area contributed by atoms with Crippen LogP contribution in [-0.2, 0) is 0 Å². The van der Waals surface area contributed by atoms with E-state index < -0.39 is 0 Å². The van der Waals surface area contributed by atoms with Crippen molar-refractivity contribution in [3.8, 4) is 17.7 Å². The molecule has 1 atom stereocenters. The van der Waals surface area contributed by atoms with Crippen LogP contribution in [0.3, 0.4) is 0 Å². The summed E-state index contributed by atoms with van der Waals surface area (Å²) in [6.45, 7) is 6.30. The Morgan fingerprint density at radius 3 is 2.50 bits per heavy atom. The minimum Gasteiger partial charge on any atom is -0.480 e. The van der Waals surface area contributed by atoms with Crippen LogP contribution in [-0.4, -0.2) is 24.4 Å². The molecule has 1 heterocycles. The number of hydrogen-bond donors (Lipinski definition) is 1. The van der Waals surface area contributed by atoms with Gasteiger partial charge in [-0.1, -0.05) is 5.92 Å². The average molecular weight is 247 g/mol. The second-order valence-electron chi connectivity index (χ2n) is 5.10. The fourth-order valence-electron chi connectivity index (χ4n) is 1.40. The number of nitrogens with zero attached hydrogens (tertiary/aromatic N) is 2. The molecule has 0 bridgehead atoms. The predicted molar refractivity (Wildman–Crippen MR) is 72.2 cm³/mol. The van der Waals surface area contributed by atoms with E-state index in [0.29, 0.717) is 5.88 Å². The monoisotopic (exact) mass is 247 g/mol. The van der Waals surface area contributed by atoms with Crippen molar-refractivity contribution in [1.82, 2.24) is 15.5 Å². The van der Waals surface area contributed by atoms with Crippen LogP contribution < -0.4 is 10.1 Å². The molecule has 1 aromatic heterocycles. The van der Waals surface area contributed by atoms with Gasteiger partial charge in [-0.15, -0.1) is 11.0 Å². The zero-order chi connectivity index (χ0) is 13.6. The summed E-state index contributed by atoms with van der Waals surface area (Å²) in [5.41, 5.74) is 0.908. The third-order valence-corrected chi connectivity index (χ3v) is 2.34. The molecule has 1 aromatic rings. The van der Waals surface area contributed by atoms with Gasteiger partial charge in [0.25, 0.3) is 0 Å². The Labute approximate surface area is 109 Å². The van der Waals surface area contributed by atoms with E-state index in [1.165, 1.54) is 0 Å². The highest BCUT2D eigenvalue weighted by Crippen LogP contribution is 2.16. The van der Waals surface area contributed by atoms with Crippen molar-refractivity contribution in [3.63, 3.8) is 0 Å². The number of ether oxygens (including phenoxy) is 1. The normalized spacial score (nSPS) is 12.5. The zero-order valence-electron chi connectivity index (χ0n) is 11.7. The molecule has 0 saturated heterocycles. The maximum absolute atomic E-state index is 4.99. The molecular weight excluding hydrogens is 226 g/mol. The minimum absolute atomic E-state index is 0.0316. The van der Waals surface area contributed by atoms with Crippen LogP contribution >= 0.6 is 0 Å². The van der Waals surface area contributed by atoms with Crippen molar-refractivity contribution >= 4 is 0 Å². The Hall–Kier alpha value is -1.60. The molecule has 0 amide bonds. The van der Waals surface area contributed by atoms with E-state index >= 15 is 0 Å². The predicted octanol–water partition coefficient (Wildman–Crippen LogP) is 2.19. The summed E-state index contributed by atoms with van der Waals surface area (Å²) in [4.78, 5) is 0. The number of aromatic nitrogens is 2. The van der Waals surface area contributed by atoms with E-state index in [9.17, 15) is 0 Å². The largest absolute Gasteiger partial charge is 0.480 e. The molecule has 4 heteroatoms. The van der Waals surface area contributed by atoms with Gasteiger partial charge in [0.05, 0.1) is 18.8 Å². The molecule has 0 aliphatic rings. The maximum atomic E-state index is 4.99. The fraction of sp³-hybridized carbons (Fsp3) is 0.571. The van der Waals surface area contributed by atoms with Crippen molar-refractivity contribution in [3.05, 3.63) is 17.8 Å². The molecule has 4 nitrogen and oxygen atoms in total. The lowest BCUT2D eigenvalue weighted by molar-refractivity contribution is 0.389. The summed E-state index contributed by atoms with van der Waals surface area (Å²) >= 11 is 0. The molecule has 1 N–H and O–H groups in total. The maximum Gasteiger partial charge on any atom is 0.233 e. The van der Waals surface area contributed by atoms with Gasteiger partial charge in [-0.25, -0.2) is 0 Å². The Balaban J connectivity index is 2.73. The van der Waals surface area contributed by atoms with Crippen LogP contribution in [0.25, 0.3) is 0 Å². The number of rotatable bonds is 4. The summed E-state index contributed by atoms with van der Waals surface area (Å²) in [6, 6.07) is 3.81. The van der Waals surface area contributed by atoms with Gasteiger partial charge in [0.15, 0.2) is 0 Å². The first-order valence-electron chi connectivity index (χ1n) is 6.01. The molecule has 0 aromatic carbocycles. The first-order chi connectivity index (χ1) is 8.46. The number of methoxy groups -OCH3 is 1. The van der Waals surface area contributed by atoms with Gasteiger partial charge >= 0.3 is 0 Å². The van der Waals surface area contributed by atoms with Gasteiger partial charge in [0, 0.05) is 17.9 Å². The summed E-state index contributed by atoms with van der Waals surface area (Å²) in [5, 5.41) is 11.3. The quantitative estimate of drug-likeness (QED) is 0.828. The van der Waals surface area contributed by atoms with E-state index in [0.717, 1.165) is 12.1 Å². The Morgan fingerprint density at radius 2 is 2.06 bits per heavy atom. The molecule has 1 rings (SSSR count). The van der Waals surface area contributed by atoms with Crippen LogP contribution in [0.2, 0.25) is 0 Å². The minimum atomic E-state index is 0.0316. The van der Waals surface area contributed by atoms with E-state index in [-0.39, 0.29) is 11.5 Å². The lowest BCUT2D eigenvalue weighted by atomic mass is 9.97. The number of nitrogens with one attached hydrogen (secondary N) is 1. The van der Waals surface area contributed by atoms with Gasteiger partial charge in [-0.05, 0) is 33.9 Å². The standard InChI is InChI=1S/C14H21N3O/c1-14(2,3)10-6-7-11(15-4)12-8-9-13(18-5)17-16-12/h8-9,11,15H,7H2,1-5H3. The zero-order valence-corrected chi connectivity index (χ0v) is 11.7. The van der Waals surface area contributed by atoms with Gasteiger partial charge in [-0.3, -0.25) is 0 Å². The topological polar surface area (TPSA) is 47.0 Å². The molecule has 1 unspecified atom stereocenters. The highest BCUT2D eigenvalue weighted by molar-refractivity contribution is 5.17. The smallest absolute Gasteiger partial charge is 0.233 e. The van der Waals surface area contributed by atoms with E-state index in [1.807, 2.05) is 19.2 Å². The second kappa shape index (κ2) is 6.36. The van der Waals surface area contributed by atoms with Gasteiger partial charge in [-0.2, -0.15) is 5.10 Å². The molecule has 0 radical (unpaired) electrons. The third-order valence-electron chi connectivity index (χ3n) is 2.34. The highest BCUT2D eigenvalue weighted by Gasteiger charge is 2.11. The first kappa shape index (κ1) is 14.5. The van der Waals surface area contributed by atoms with Crippen molar-refractivity contribution < 1.29 is 4.74 Å². The lowest BCUT2D eigenvalue weighted by Gasteiger charge is -2.12. The Morgan fingerprint density at radius 1 is 1.33 bits per heavy atom. The fourth-order valence-corrected chi connectivity index (χ4v) is 1.40. The molecule has 18 heavy (non-hydrogen) atoms. The van der Waals surface area contributed by atoms with Crippen molar-refractivity contribution in [2.45, 2.75) is 33.2 Å². The van der Waals surface area contributed by atoms with E-state index in [4.69, 9.17) is 4.74 Å². The van der Waals surface area contributed by atoms with Crippen molar-refractivity contribution in [2.24, 2.45) is 5.41 Å². The molecule has 0 aliphatic heterocycles. The summed E-state index contributed by atoms with van der Waals surface area (Å²) < 4.78 is 4.99. The molecular formula is C14H21N3O. The van der Waals surface area contributed by atoms with Crippen LogP contribution in [0.1, 0.15) is 38.9 Å². The lowest BCUT2D eigenvalue weighted by Crippen LogP contribution is -2.17. The van der Waals surface area contributed by atoms with Crippen LogP contribution in [0.4, 0.5) is 0 Å². The summed E-state index contributed by atoms with van der Waals surface area (Å²) in [6.07, 6.45) is 0.717. The Kier molecular flexibility index (Phi) is 5.11. The molecule has 0 saturated carbocycles. The SMILES string of the molecule is CNC(CC#CC(C)(C)C)c1ccc(OC)nn1. The van der Waals surface area contributed by atoms with Crippen molar-refractivity contribution in [2.75, 3.05) is 14.2 Å². The van der Waals surface area contributed by atoms with Crippen molar-refractivity contribution in [1.29, 1.82) is 0 Å². The molecule has 0 spiro atoms. The molecule has 0 aliphatic carbocycles. The van der Waals surface area contributed by atoms with Crippen LogP contribution in [0.15, 0.2) is 12.1 Å². The van der Waals surface area contributed by atoms with Gasteiger partial charge in [0.1, 0.15) is 0 Å². The van der Waals surface area contributed by atoms with Crippen LogP contribution in [0.5, 0.6) is 5.88 Å². The Bertz CT molecular complexity index is 423. The van der Waals surface area contributed by atoms with E-state index in [2.05, 4.69) is 48.1 Å². The summed E-state index contributed by atoms with van der Waals surface area (Å²) in [7, 11) is 3.48. The average Bonchev–Trinajstić information content (AvgIpc) is 2.34. The van der Waals surface area contributed by atoms with Crippen LogP contribution in [0, 0.1) is 17.3 Å².